The monoisotopic (exact) mass is 267 g/mol. The summed E-state index contributed by atoms with van der Waals surface area (Å²) >= 11 is 18.3. The lowest BCUT2D eigenvalue weighted by atomic mass is 10.2. The zero-order valence-electron chi connectivity index (χ0n) is 8.72. The van der Waals surface area contributed by atoms with E-state index in [-0.39, 0.29) is 5.50 Å². The molecule has 15 heavy (non-hydrogen) atoms. The van der Waals surface area contributed by atoms with Crippen molar-refractivity contribution >= 4 is 34.8 Å². The Morgan fingerprint density at radius 1 is 1.20 bits per heavy atom. The molecule has 0 heterocycles. The lowest BCUT2D eigenvalue weighted by Crippen LogP contribution is -2.15. The molecule has 1 aromatic rings. The molecule has 2 nitrogen and oxygen atoms in total. The molecule has 0 radical (unpaired) electrons. The minimum Gasteiger partial charge on any atom is -0.495 e. The predicted molar refractivity (Wildman–Crippen MR) is 65.3 cm³/mol. The minimum atomic E-state index is -0.305. The zero-order valence-corrected chi connectivity index (χ0v) is 11.0. The molecule has 0 aliphatic rings. The predicted octanol–water partition coefficient (Wildman–Crippen LogP) is 3.80. The van der Waals surface area contributed by atoms with Crippen LogP contribution in [0.5, 0.6) is 5.75 Å². The fourth-order valence-electron chi connectivity index (χ4n) is 1.17. The molecule has 0 saturated heterocycles. The van der Waals surface area contributed by atoms with E-state index in [0.717, 1.165) is 5.56 Å². The number of hydrogen-bond acceptors (Lipinski definition) is 2. The van der Waals surface area contributed by atoms with Crippen LogP contribution in [0.25, 0.3) is 0 Å². The topological polar surface area (TPSA) is 12.5 Å². The molecule has 1 atom stereocenters. The van der Waals surface area contributed by atoms with E-state index < -0.39 is 0 Å². The second-order valence-electron chi connectivity index (χ2n) is 3.28. The average Bonchev–Trinajstić information content (AvgIpc) is 2.21. The Morgan fingerprint density at radius 3 is 2.27 bits per heavy atom. The number of nitrogens with zero attached hydrogens (tertiary/aromatic N) is 1. The smallest absolute Gasteiger partial charge is 0.139 e. The summed E-state index contributed by atoms with van der Waals surface area (Å²) in [6.07, 6.45) is 0. The maximum absolute atomic E-state index is 6.16. The third-order valence-electron chi connectivity index (χ3n) is 2.01. The van der Waals surface area contributed by atoms with Gasteiger partial charge in [0.05, 0.1) is 12.1 Å². The Hall–Kier alpha value is -0.150. The molecule has 1 unspecified atom stereocenters. The molecular formula is C10H12Cl3NO. The summed E-state index contributed by atoms with van der Waals surface area (Å²) in [6, 6.07) is 3.56. The number of hydrogen-bond donors (Lipinski definition) is 0. The quantitative estimate of drug-likeness (QED) is 0.611. The summed E-state index contributed by atoms with van der Waals surface area (Å²) in [5, 5.41) is 0.828. The molecule has 0 amide bonds. The van der Waals surface area contributed by atoms with E-state index in [9.17, 15) is 0 Å². The third kappa shape index (κ3) is 2.70. The first-order chi connectivity index (χ1) is 6.99. The summed E-state index contributed by atoms with van der Waals surface area (Å²) in [5.41, 5.74) is 0.468. The second-order valence-corrected chi connectivity index (χ2v) is 4.45. The minimum absolute atomic E-state index is 0.305. The van der Waals surface area contributed by atoms with E-state index in [1.807, 2.05) is 25.1 Å². The van der Waals surface area contributed by atoms with Crippen LogP contribution < -0.4 is 4.74 Å². The first kappa shape index (κ1) is 12.9. The average molecular weight is 269 g/mol. The summed E-state index contributed by atoms with van der Waals surface area (Å²) in [6.45, 7) is 0. The highest BCUT2D eigenvalue weighted by molar-refractivity contribution is 6.43. The van der Waals surface area contributed by atoms with Crippen molar-refractivity contribution < 1.29 is 4.74 Å². The van der Waals surface area contributed by atoms with Gasteiger partial charge in [0, 0.05) is 5.56 Å². The highest BCUT2D eigenvalue weighted by atomic mass is 35.5. The Bertz CT molecular complexity index is 355. The van der Waals surface area contributed by atoms with E-state index in [2.05, 4.69) is 0 Å². The molecule has 0 fully saturated rings. The highest BCUT2D eigenvalue weighted by Gasteiger charge is 2.18. The molecule has 0 N–H and O–H groups in total. The van der Waals surface area contributed by atoms with Crippen molar-refractivity contribution in [1.82, 2.24) is 4.90 Å². The van der Waals surface area contributed by atoms with Gasteiger partial charge < -0.3 is 4.74 Å². The van der Waals surface area contributed by atoms with Crippen molar-refractivity contribution in [3.05, 3.63) is 27.7 Å². The van der Waals surface area contributed by atoms with Gasteiger partial charge in [-0.05, 0) is 20.2 Å². The first-order valence-electron chi connectivity index (χ1n) is 4.31. The van der Waals surface area contributed by atoms with Crippen LogP contribution in [-0.4, -0.2) is 26.1 Å². The van der Waals surface area contributed by atoms with Gasteiger partial charge in [-0.1, -0.05) is 29.3 Å². The first-order valence-corrected chi connectivity index (χ1v) is 5.50. The molecule has 0 saturated carbocycles. The molecular weight excluding hydrogens is 256 g/mol. The fraction of sp³-hybridized carbons (Fsp3) is 0.400. The van der Waals surface area contributed by atoms with Gasteiger partial charge in [0.1, 0.15) is 16.3 Å². The molecule has 5 heteroatoms. The Kier molecular flexibility index (Phi) is 4.53. The van der Waals surface area contributed by atoms with Crippen LogP contribution in [0.1, 0.15) is 11.1 Å². The number of ether oxygens (including phenoxy) is 1. The molecule has 0 bridgehead atoms. The maximum Gasteiger partial charge on any atom is 0.139 e. The molecule has 1 rings (SSSR count). The molecule has 0 aliphatic heterocycles. The van der Waals surface area contributed by atoms with E-state index in [4.69, 9.17) is 39.5 Å². The van der Waals surface area contributed by atoms with Crippen molar-refractivity contribution in [2.24, 2.45) is 0 Å². The third-order valence-corrected chi connectivity index (χ3v) is 3.51. The van der Waals surface area contributed by atoms with Crippen LogP contribution in [0.15, 0.2) is 12.1 Å². The standard InChI is InChI=1S/C10H12Cl3NO/c1-14(2)10(13)6-4-5-7(15-3)9(12)8(6)11/h4-5,10H,1-3H3. The molecule has 0 aliphatic carbocycles. The SMILES string of the molecule is COc1ccc(C(Cl)N(C)C)c(Cl)c1Cl. The maximum atomic E-state index is 6.16. The van der Waals surface area contributed by atoms with Crippen LogP contribution in [0.4, 0.5) is 0 Å². The van der Waals surface area contributed by atoms with E-state index in [0.29, 0.717) is 15.8 Å². The van der Waals surface area contributed by atoms with Crippen molar-refractivity contribution in [3.63, 3.8) is 0 Å². The number of alkyl halides is 1. The lowest BCUT2D eigenvalue weighted by molar-refractivity contribution is 0.383. The Morgan fingerprint density at radius 2 is 1.80 bits per heavy atom. The van der Waals surface area contributed by atoms with Crippen LogP contribution in [0.3, 0.4) is 0 Å². The normalized spacial score (nSPS) is 13.0. The van der Waals surface area contributed by atoms with E-state index >= 15 is 0 Å². The molecule has 0 aromatic heterocycles. The van der Waals surface area contributed by atoms with Gasteiger partial charge in [-0.15, -0.1) is 11.6 Å². The number of methoxy groups -OCH3 is 1. The number of halogens is 3. The van der Waals surface area contributed by atoms with Crippen molar-refractivity contribution in [2.45, 2.75) is 5.50 Å². The van der Waals surface area contributed by atoms with E-state index in [1.165, 1.54) is 0 Å². The van der Waals surface area contributed by atoms with Crippen LogP contribution >= 0.6 is 34.8 Å². The molecule has 84 valence electrons. The van der Waals surface area contributed by atoms with Crippen molar-refractivity contribution in [2.75, 3.05) is 21.2 Å². The second kappa shape index (κ2) is 5.26. The Balaban J connectivity index is 3.17. The van der Waals surface area contributed by atoms with Gasteiger partial charge in [-0.3, -0.25) is 4.90 Å². The summed E-state index contributed by atoms with van der Waals surface area (Å²) in [7, 11) is 5.28. The zero-order chi connectivity index (χ0) is 11.6. The summed E-state index contributed by atoms with van der Waals surface area (Å²) < 4.78 is 5.05. The van der Waals surface area contributed by atoms with Gasteiger partial charge >= 0.3 is 0 Å². The lowest BCUT2D eigenvalue weighted by Gasteiger charge is -2.20. The van der Waals surface area contributed by atoms with Gasteiger partial charge in [0.2, 0.25) is 0 Å². The Labute approximate surface area is 105 Å². The van der Waals surface area contributed by atoms with Crippen LogP contribution in [0, 0.1) is 0 Å². The fourth-order valence-corrected chi connectivity index (χ4v) is 1.91. The van der Waals surface area contributed by atoms with Gasteiger partial charge in [0.25, 0.3) is 0 Å². The number of rotatable bonds is 3. The largest absolute Gasteiger partial charge is 0.495 e. The van der Waals surface area contributed by atoms with Gasteiger partial charge in [-0.2, -0.15) is 0 Å². The van der Waals surface area contributed by atoms with Gasteiger partial charge in [-0.25, -0.2) is 0 Å². The number of benzene rings is 1. The van der Waals surface area contributed by atoms with Crippen molar-refractivity contribution in [3.8, 4) is 5.75 Å². The van der Waals surface area contributed by atoms with Gasteiger partial charge in [0.15, 0.2) is 0 Å². The molecule has 0 spiro atoms. The summed E-state index contributed by atoms with van der Waals surface area (Å²) in [4.78, 5) is 1.84. The highest BCUT2D eigenvalue weighted by Crippen LogP contribution is 2.39. The van der Waals surface area contributed by atoms with Crippen molar-refractivity contribution in [1.29, 1.82) is 0 Å². The van der Waals surface area contributed by atoms with Crippen LogP contribution in [0.2, 0.25) is 10.0 Å². The van der Waals surface area contributed by atoms with E-state index in [1.54, 1.807) is 13.2 Å². The molecule has 1 aromatic carbocycles. The summed E-state index contributed by atoms with van der Waals surface area (Å²) in [5.74, 6) is 0.549. The van der Waals surface area contributed by atoms with Crippen LogP contribution in [-0.2, 0) is 0 Å².